The average Bonchev–Trinajstić information content (AvgIpc) is 2.60. The van der Waals surface area contributed by atoms with Gasteiger partial charge in [-0.3, -0.25) is 10.1 Å². The first-order valence-corrected chi connectivity index (χ1v) is 4.23. The fourth-order valence-electron chi connectivity index (χ4n) is 2.06. The number of ether oxygens (including phenoxy) is 1. The van der Waals surface area contributed by atoms with E-state index in [-0.39, 0.29) is 12.0 Å². The van der Waals surface area contributed by atoms with E-state index in [0.717, 1.165) is 25.5 Å². The molecule has 2 saturated heterocycles. The molecule has 2 bridgehead atoms. The van der Waals surface area contributed by atoms with Crippen LogP contribution in [-0.4, -0.2) is 17.1 Å². The molecule has 66 valence electrons. The number of nitro groups is 1. The molecule has 4 heteroatoms. The maximum Gasteiger partial charge on any atom is 0.230 e. The van der Waals surface area contributed by atoms with E-state index in [9.17, 15) is 10.1 Å². The second-order valence-electron chi connectivity index (χ2n) is 3.40. The Kier molecular flexibility index (Phi) is 1.84. The van der Waals surface area contributed by atoms with Crippen LogP contribution in [-0.2, 0) is 4.74 Å². The standard InChI is InChI=1S/C8H11NO3/c10-9(11)4-3-6-5-7-1-2-8(6)12-7/h3-4,6-8H,1-2,5H2/b4-3+. The van der Waals surface area contributed by atoms with Gasteiger partial charge in [0.1, 0.15) is 0 Å². The third-order valence-corrected chi connectivity index (χ3v) is 2.61. The Balaban J connectivity index is 1.94. The van der Waals surface area contributed by atoms with Crippen molar-refractivity contribution in [2.75, 3.05) is 0 Å². The van der Waals surface area contributed by atoms with E-state index in [1.165, 1.54) is 0 Å². The van der Waals surface area contributed by atoms with Crippen molar-refractivity contribution in [2.45, 2.75) is 31.5 Å². The first-order chi connectivity index (χ1) is 5.75. The van der Waals surface area contributed by atoms with Gasteiger partial charge in [-0.1, -0.05) is 0 Å². The van der Waals surface area contributed by atoms with Gasteiger partial charge in [0.25, 0.3) is 0 Å². The van der Waals surface area contributed by atoms with Gasteiger partial charge >= 0.3 is 0 Å². The molecule has 0 aromatic heterocycles. The molecule has 0 N–H and O–H groups in total. The minimum Gasteiger partial charge on any atom is -0.374 e. The van der Waals surface area contributed by atoms with Gasteiger partial charge in [-0.05, 0) is 25.3 Å². The molecule has 2 heterocycles. The molecule has 0 amide bonds. The zero-order valence-electron chi connectivity index (χ0n) is 6.68. The van der Waals surface area contributed by atoms with E-state index >= 15 is 0 Å². The molecule has 12 heavy (non-hydrogen) atoms. The molecular weight excluding hydrogens is 158 g/mol. The smallest absolute Gasteiger partial charge is 0.230 e. The highest BCUT2D eigenvalue weighted by molar-refractivity contribution is 4.98. The van der Waals surface area contributed by atoms with Crippen LogP contribution in [0, 0.1) is 16.0 Å². The molecule has 0 aliphatic carbocycles. The van der Waals surface area contributed by atoms with E-state index in [1.807, 2.05) is 0 Å². The number of rotatable bonds is 2. The quantitative estimate of drug-likeness (QED) is 0.463. The van der Waals surface area contributed by atoms with Crippen LogP contribution in [0.2, 0.25) is 0 Å². The topological polar surface area (TPSA) is 52.4 Å². The second-order valence-corrected chi connectivity index (χ2v) is 3.40. The third kappa shape index (κ3) is 1.34. The van der Waals surface area contributed by atoms with E-state index in [1.54, 1.807) is 6.08 Å². The molecule has 4 nitrogen and oxygen atoms in total. The summed E-state index contributed by atoms with van der Waals surface area (Å²) in [6.45, 7) is 0. The van der Waals surface area contributed by atoms with Crippen LogP contribution in [0.25, 0.3) is 0 Å². The molecule has 0 aromatic rings. The van der Waals surface area contributed by atoms with Crippen LogP contribution in [0.15, 0.2) is 12.3 Å². The van der Waals surface area contributed by atoms with E-state index in [2.05, 4.69) is 0 Å². The summed E-state index contributed by atoms with van der Waals surface area (Å²) in [7, 11) is 0. The van der Waals surface area contributed by atoms with Crippen LogP contribution in [0.5, 0.6) is 0 Å². The van der Waals surface area contributed by atoms with Crippen LogP contribution in [0.4, 0.5) is 0 Å². The normalized spacial score (nSPS) is 39.5. The lowest BCUT2D eigenvalue weighted by molar-refractivity contribution is -0.402. The van der Waals surface area contributed by atoms with Crippen LogP contribution < -0.4 is 0 Å². The summed E-state index contributed by atoms with van der Waals surface area (Å²) >= 11 is 0. The third-order valence-electron chi connectivity index (χ3n) is 2.61. The fourth-order valence-corrected chi connectivity index (χ4v) is 2.06. The van der Waals surface area contributed by atoms with Gasteiger partial charge in [0, 0.05) is 5.92 Å². The zero-order chi connectivity index (χ0) is 8.55. The first kappa shape index (κ1) is 7.73. The Bertz CT molecular complexity index is 226. The van der Waals surface area contributed by atoms with Crippen molar-refractivity contribution in [1.29, 1.82) is 0 Å². The van der Waals surface area contributed by atoms with Crippen molar-refractivity contribution in [1.82, 2.24) is 0 Å². The SMILES string of the molecule is O=[N+]([O-])/C=C/C1CC2CCC1O2. The molecule has 0 aromatic carbocycles. The monoisotopic (exact) mass is 169 g/mol. The molecule has 2 aliphatic heterocycles. The number of nitrogens with zero attached hydrogens (tertiary/aromatic N) is 1. The van der Waals surface area contributed by atoms with Crippen molar-refractivity contribution in [2.24, 2.45) is 5.92 Å². The number of hydrogen-bond acceptors (Lipinski definition) is 3. The van der Waals surface area contributed by atoms with Crippen LogP contribution >= 0.6 is 0 Å². The number of fused-ring (bicyclic) bond motifs is 2. The van der Waals surface area contributed by atoms with Crippen molar-refractivity contribution >= 4 is 0 Å². The molecule has 2 aliphatic rings. The van der Waals surface area contributed by atoms with Crippen molar-refractivity contribution in [3.8, 4) is 0 Å². The van der Waals surface area contributed by atoms with Gasteiger partial charge in [-0.15, -0.1) is 0 Å². The maximum atomic E-state index is 10.0. The molecule has 3 unspecified atom stereocenters. The summed E-state index contributed by atoms with van der Waals surface area (Å²) in [5.41, 5.74) is 0. The van der Waals surface area contributed by atoms with Crippen molar-refractivity contribution in [3.05, 3.63) is 22.4 Å². The first-order valence-electron chi connectivity index (χ1n) is 4.23. The Morgan fingerprint density at radius 3 is 2.83 bits per heavy atom. The molecule has 0 spiro atoms. The van der Waals surface area contributed by atoms with Gasteiger partial charge in [-0.25, -0.2) is 0 Å². The van der Waals surface area contributed by atoms with Gasteiger partial charge in [0.15, 0.2) is 0 Å². The summed E-state index contributed by atoms with van der Waals surface area (Å²) in [5, 5.41) is 10.0. The fraction of sp³-hybridized carbons (Fsp3) is 0.750. The predicted octanol–water partition coefficient (Wildman–Crippen LogP) is 1.34. The summed E-state index contributed by atoms with van der Waals surface area (Å²) in [6, 6.07) is 0. The lowest BCUT2D eigenvalue weighted by atomic mass is 9.89. The summed E-state index contributed by atoms with van der Waals surface area (Å²) in [6.07, 6.45) is 6.50. The Morgan fingerprint density at radius 2 is 2.33 bits per heavy atom. The zero-order valence-corrected chi connectivity index (χ0v) is 6.68. The second kappa shape index (κ2) is 2.86. The minimum absolute atomic E-state index is 0.256. The molecule has 3 atom stereocenters. The Hall–Kier alpha value is -0.900. The number of hydrogen-bond donors (Lipinski definition) is 0. The maximum absolute atomic E-state index is 10.0. The molecule has 2 rings (SSSR count). The minimum atomic E-state index is -0.411. The molecule has 0 saturated carbocycles. The molecular formula is C8H11NO3. The highest BCUT2D eigenvalue weighted by atomic mass is 16.6. The van der Waals surface area contributed by atoms with Gasteiger partial charge in [-0.2, -0.15) is 0 Å². The van der Waals surface area contributed by atoms with Crippen LogP contribution in [0.1, 0.15) is 19.3 Å². The highest BCUT2D eigenvalue weighted by Crippen LogP contribution is 2.39. The van der Waals surface area contributed by atoms with E-state index in [0.29, 0.717) is 6.10 Å². The lowest BCUT2D eigenvalue weighted by Crippen LogP contribution is -2.13. The molecule has 2 fully saturated rings. The van der Waals surface area contributed by atoms with Gasteiger partial charge in [0.05, 0.1) is 17.1 Å². The lowest BCUT2D eigenvalue weighted by Gasteiger charge is -2.12. The van der Waals surface area contributed by atoms with Gasteiger partial charge < -0.3 is 4.74 Å². The average molecular weight is 169 g/mol. The van der Waals surface area contributed by atoms with Crippen LogP contribution in [0.3, 0.4) is 0 Å². The molecule has 0 radical (unpaired) electrons. The Labute approximate surface area is 70.4 Å². The van der Waals surface area contributed by atoms with Crippen molar-refractivity contribution in [3.63, 3.8) is 0 Å². The predicted molar refractivity (Wildman–Crippen MR) is 42.1 cm³/mol. The van der Waals surface area contributed by atoms with E-state index < -0.39 is 4.92 Å². The summed E-state index contributed by atoms with van der Waals surface area (Å²) in [5.74, 6) is 0.286. The Morgan fingerprint density at radius 1 is 1.50 bits per heavy atom. The van der Waals surface area contributed by atoms with E-state index in [4.69, 9.17) is 4.74 Å². The van der Waals surface area contributed by atoms with Crippen molar-refractivity contribution < 1.29 is 9.66 Å². The summed E-state index contributed by atoms with van der Waals surface area (Å²) < 4.78 is 5.54. The largest absolute Gasteiger partial charge is 0.374 e. The highest BCUT2D eigenvalue weighted by Gasteiger charge is 2.39. The summed E-state index contributed by atoms with van der Waals surface area (Å²) in [4.78, 5) is 9.63. The van der Waals surface area contributed by atoms with Gasteiger partial charge in [0.2, 0.25) is 6.20 Å².